The van der Waals surface area contributed by atoms with Gasteiger partial charge in [-0.15, -0.1) is 0 Å². The molecule has 0 saturated heterocycles. The number of aryl methyl sites for hydroxylation is 1. The van der Waals surface area contributed by atoms with Gasteiger partial charge in [0.25, 0.3) is 5.91 Å². The van der Waals surface area contributed by atoms with E-state index in [1.165, 1.54) is 4.90 Å². The molecule has 0 bridgehead atoms. The fourth-order valence-corrected chi connectivity index (χ4v) is 2.95. The van der Waals surface area contributed by atoms with E-state index in [1.54, 1.807) is 25.7 Å². The topological polar surface area (TPSA) is 87.2 Å². The summed E-state index contributed by atoms with van der Waals surface area (Å²) in [4.78, 5) is 39.0. The number of carbonyl (C=O) groups is 3. The minimum absolute atomic E-state index is 0.0921. The van der Waals surface area contributed by atoms with E-state index in [2.05, 4.69) is 0 Å². The van der Waals surface area contributed by atoms with Crippen LogP contribution in [0.15, 0.2) is 18.2 Å². The zero-order chi connectivity index (χ0) is 19.5. The summed E-state index contributed by atoms with van der Waals surface area (Å²) in [5.74, 6) is -0.686. The highest BCUT2D eigenvalue weighted by Crippen LogP contribution is 2.38. The van der Waals surface area contributed by atoms with E-state index in [-0.39, 0.29) is 37.7 Å². The number of benzene rings is 1. The first kappa shape index (κ1) is 19.8. The molecule has 1 heterocycles. The zero-order valence-electron chi connectivity index (χ0n) is 15.7. The summed E-state index contributed by atoms with van der Waals surface area (Å²) >= 11 is 0. The van der Waals surface area contributed by atoms with Gasteiger partial charge in [-0.3, -0.25) is 14.4 Å². The van der Waals surface area contributed by atoms with Gasteiger partial charge in [0, 0.05) is 26.1 Å². The molecule has 0 unspecified atom stereocenters. The van der Waals surface area contributed by atoms with Crippen LogP contribution in [0, 0.1) is 6.92 Å². The Labute approximate surface area is 153 Å². The lowest BCUT2D eigenvalue weighted by Gasteiger charge is -2.39. The molecule has 1 N–H and O–H groups in total. The van der Waals surface area contributed by atoms with Crippen LogP contribution < -0.4 is 9.64 Å². The average Bonchev–Trinajstić information content (AvgIpc) is 2.56. The fraction of sp³-hybridized carbons (Fsp3) is 0.526. The number of carboxylic acid groups (broad SMARTS) is 1. The van der Waals surface area contributed by atoms with Gasteiger partial charge in [-0.1, -0.05) is 6.07 Å². The van der Waals surface area contributed by atoms with E-state index in [1.807, 2.05) is 25.1 Å². The molecule has 0 aromatic heterocycles. The Hall–Kier alpha value is -2.57. The maximum absolute atomic E-state index is 12.8. The molecule has 142 valence electrons. The Bertz CT molecular complexity index is 714. The molecular formula is C19H26N2O5. The molecule has 26 heavy (non-hydrogen) atoms. The van der Waals surface area contributed by atoms with E-state index in [0.29, 0.717) is 18.0 Å². The molecule has 7 heteroatoms. The number of rotatable bonds is 7. The summed E-state index contributed by atoms with van der Waals surface area (Å²) < 4.78 is 5.81. The van der Waals surface area contributed by atoms with Crippen LogP contribution in [0.3, 0.4) is 0 Å². The van der Waals surface area contributed by atoms with E-state index in [0.717, 1.165) is 5.56 Å². The lowest BCUT2D eigenvalue weighted by molar-refractivity contribution is -0.138. The second kappa shape index (κ2) is 7.76. The summed E-state index contributed by atoms with van der Waals surface area (Å²) in [6.07, 6.45) is 0.0355. The third-order valence-electron chi connectivity index (χ3n) is 4.41. The van der Waals surface area contributed by atoms with Crippen molar-refractivity contribution in [3.63, 3.8) is 0 Å². The molecule has 0 radical (unpaired) electrons. The minimum atomic E-state index is -1.00. The molecular weight excluding hydrogens is 336 g/mol. The zero-order valence-corrected chi connectivity index (χ0v) is 15.7. The molecule has 0 aliphatic carbocycles. The smallest absolute Gasteiger partial charge is 0.305 e. The van der Waals surface area contributed by atoms with Crippen LogP contribution in [0.5, 0.6) is 5.75 Å². The second-order valence-corrected chi connectivity index (χ2v) is 6.91. The molecule has 1 aromatic rings. The van der Waals surface area contributed by atoms with Crippen molar-refractivity contribution in [2.24, 2.45) is 0 Å². The standard InChI is InChI=1S/C19H26N2O5/c1-5-20(10-9-17(23)24)16(22)8-11-21-14-12-13(2)6-7-15(14)26-19(3,4)18(21)25/h6-7,12H,5,8-11H2,1-4H3,(H,23,24). The van der Waals surface area contributed by atoms with Crippen molar-refractivity contribution in [2.75, 3.05) is 24.5 Å². The molecule has 0 spiro atoms. The van der Waals surface area contributed by atoms with Crippen LogP contribution in [0.1, 0.15) is 39.2 Å². The first-order valence-electron chi connectivity index (χ1n) is 8.77. The Balaban J connectivity index is 2.14. The summed E-state index contributed by atoms with van der Waals surface area (Å²) in [7, 11) is 0. The monoisotopic (exact) mass is 362 g/mol. The maximum atomic E-state index is 12.8. The van der Waals surface area contributed by atoms with E-state index < -0.39 is 11.6 Å². The van der Waals surface area contributed by atoms with Crippen molar-refractivity contribution in [1.29, 1.82) is 0 Å². The highest BCUT2D eigenvalue weighted by Gasteiger charge is 2.40. The van der Waals surface area contributed by atoms with Gasteiger partial charge in [0.05, 0.1) is 12.1 Å². The van der Waals surface area contributed by atoms with E-state index in [9.17, 15) is 14.4 Å². The van der Waals surface area contributed by atoms with Gasteiger partial charge in [-0.05, 0) is 45.4 Å². The predicted molar refractivity (Wildman–Crippen MR) is 97.4 cm³/mol. The molecule has 1 aromatic carbocycles. The molecule has 2 rings (SSSR count). The van der Waals surface area contributed by atoms with Gasteiger partial charge in [0.15, 0.2) is 5.60 Å². The first-order chi connectivity index (χ1) is 12.2. The summed E-state index contributed by atoms with van der Waals surface area (Å²) in [5.41, 5.74) is 0.655. The normalized spacial score (nSPS) is 15.2. The first-order valence-corrected chi connectivity index (χ1v) is 8.77. The van der Waals surface area contributed by atoms with Gasteiger partial charge in [0.1, 0.15) is 5.75 Å². The molecule has 0 fully saturated rings. The number of carbonyl (C=O) groups excluding carboxylic acids is 2. The third-order valence-corrected chi connectivity index (χ3v) is 4.41. The van der Waals surface area contributed by atoms with Crippen LogP contribution in [-0.2, 0) is 14.4 Å². The van der Waals surface area contributed by atoms with Crippen LogP contribution in [0.2, 0.25) is 0 Å². The van der Waals surface area contributed by atoms with E-state index in [4.69, 9.17) is 9.84 Å². The average molecular weight is 362 g/mol. The van der Waals surface area contributed by atoms with Gasteiger partial charge >= 0.3 is 5.97 Å². The lowest BCUT2D eigenvalue weighted by atomic mass is 10.0. The molecule has 0 atom stereocenters. The SMILES string of the molecule is CCN(CCC(=O)O)C(=O)CCN1C(=O)C(C)(C)Oc2ccc(C)cc21. The van der Waals surface area contributed by atoms with Gasteiger partial charge in [-0.25, -0.2) is 0 Å². The van der Waals surface area contributed by atoms with Gasteiger partial charge in [0.2, 0.25) is 5.91 Å². The molecule has 1 aliphatic rings. The molecule has 2 amide bonds. The number of anilines is 1. The molecule has 1 aliphatic heterocycles. The van der Waals surface area contributed by atoms with Crippen molar-refractivity contribution in [3.8, 4) is 5.75 Å². The maximum Gasteiger partial charge on any atom is 0.305 e. The quantitative estimate of drug-likeness (QED) is 0.804. The van der Waals surface area contributed by atoms with Crippen molar-refractivity contribution in [1.82, 2.24) is 4.90 Å². The van der Waals surface area contributed by atoms with Crippen molar-refractivity contribution >= 4 is 23.5 Å². The summed E-state index contributed by atoms with van der Waals surface area (Å²) in [6, 6.07) is 5.62. The summed E-state index contributed by atoms with van der Waals surface area (Å²) in [5, 5.41) is 8.80. The largest absolute Gasteiger partial charge is 0.481 e. The minimum Gasteiger partial charge on any atom is -0.481 e. The van der Waals surface area contributed by atoms with Crippen LogP contribution >= 0.6 is 0 Å². The van der Waals surface area contributed by atoms with Gasteiger partial charge < -0.3 is 19.6 Å². The van der Waals surface area contributed by atoms with Crippen LogP contribution in [0.4, 0.5) is 5.69 Å². The van der Waals surface area contributed by atoms with Crippen molar-refractivity contribution in [3.05, 3.63) is 23.8 Å². The lowest BCUT2D eigenvalue weighted by Crippen LogP contribution is -2.53. The number of hydrogen-bond donors (Lipinski definition) is 1. The highest BCUT2D eigenvalue weighted by molar-refractivity contribution is 6.02. The second-order valence-electron chi connectivity index (χ2n) is 6.91. The number of nitrogens with zero attached hydrogens (tertiary/aromatic N) is 2. The van der Waals surface area contributed by atoms with Crippen LogP contribution in [0.25, 0.3) is 0 Å². The number of aliphatic carboxylic acids is 1. The molecule has 0 saturated carbocycles. The number of carboxylic acids is 1. The number of amides is 2. The fourth-order valence-electron chi connectivity index (χ4n) is 2.95. The molecule has 7 nitrogen and oxygen atoms in total. The Kier molecular flexibility index (Phi) is 5.90. The Morgan fingerprint density at radius 2 is 1.96 bits per heavy atom. The number of fused-ring (bicyclic) bond motifs is 1. The van der Waals surface area contributed by atoms with Crippen molar-refractivity contribution in [2.45, 2.75) is 46.1 Å². The number of hydrogen-bond acceptors (Lipinski definition) is 4. The van der Waals surface area contributed by atoms with Gasteiger partial charge in [-0.2, -0.15) is 0 Å². The predicted octanol–water partition coefficient (Wildman–Crippen LogP) is 2.21. The Morgan fingerprint density at radius 3 is 2.58 bits per heavy atom. The van der Waals surface area contributed by atoms with E-state index >= 15 is 0 Å². The summed E-state index contributed by atoms with van der Waals surface area (Å²) in [6.45, 7) is 7.98. The third kappa shape index (κ3) is 4.33. The highest BCUT2D eigenvalue weighted by atomic mass is 16.5. The van der Waals surface area contributed by atoms with Crippen LogP contribution in [-0.4, -0.2) is 53.0 Å². The Morgan fingerprint density at radius 1 is 1.27 bits per heavy atom. The van der Waals surface area contributed by atoms with Crippen molar-refractivity contribution < 1.29 is 24.2 Å². The number of ether oxygens (including phenoxy) is 1.